The van der Waals surface area contributed by atoms with Crippen LogP contribution in [0.15, 0.2) is 30.3 Å². The van der Waals surface area contributed by atoms with Gasteiger partial charge >= 0.3 is 0 Å². The molecule has 21 heavy (non-hydrogen) atoms. The van der Waals surface area contributed by atoms with Crippen molar-refractivity contribution in [1.82, 2.24) is 4.90 Å². The van der Waals surface area contributed by atoms with E-state index in [9.17, 15) is 14.7 Å². The van der Waals surface area contributed by atoms with Gasteiger partial charge in [0.1, 0.15) is 0 Å². The largest absolute Gasteiger partial charge is 0.394 e. The zero-order valence-corrected chi connectivity index (χ0v) is 12.2. The average Bonchev–Trinajstić information content (AvgIpc) is 2.97. The number of benzene rings is 1. The van der Waals surface area contributed by atoms with Crippen LogP contribution in [0.1, 0.15) is 25.3 Å². The molecule has 3 atom stereocenters. The number of amides is 2. The summed E-state index contributed by atoms with van der Waals surface area (Å²) in [6.45, 7) is 1.91. The Morgan fingerprint density at radius 3 is 2.24 bits per heavy atom. The van der Waals surface area contributed by atoms with Gasteiger partial charge in [0, 0.05) is 0 Å². The number of nitrogens with zero attached hydrogens (tertiary/aromatic N) is 1. The molecule has 0 bridgehead atoms. The van der Waals surface area contributed by atoms with Gasteiger partial charge < -0.3 is 5.11 Å². The maximum atomic E-state index is 12.5. The van der Waals surface area contributed by atoms with Crippen LogP contribution in [-0.4, -0.2) is 34.5 Å². The topological polar surface area (TPSA) is 57.6 Å². The Balaban J connectivity index is 1.79. The van der Waals surface area contributed by atoms with Crippen molar-refractivity contribution in [2.24, 2.45) is 17.8 Å². The fourth-order valence-electron chi connectivity index (χ4n) is 3.79. The van der Waals surface area contributed by atoms with E-state index in [1.165, 1.54) is 4.90 Å². The van der Waals surface area contributed by atoms with Gasteiger partial charge in [-0.05, 0) is 30.7 Å². The van der Waals surface area contributed by atoms with Crippen molar-refractivity contribution < 1.29 is 14.7 Å². The summed E-state index contributed by atoms with van der Waals surface area (Å²) in [5.41, 5.74) is 1.03. The molecule has 1 aromatic rings. The van der Waals surface area contributed by atoms with Crippen molar-refractivity contribution in [3.8, 4) is 0 Å². The predicted octanol–water partition coefficient (Wildman–Crippen LogP) is 1.62. The highest BCUT2D eigenvalue weighted by molar-refractivity contribution is 6.05. The molecule has 4 heteroatoms. The molecule has 0 radical (unpaired) electrons. The van der Waals surface area contributed by atoms with Gasteiger partial charge in [-0.25, -0.2) is 0 Å². The van der Waals surface area contributed by atoms with Crippen LogP contribution in [0.2, 0.25) is 0 Å². The second-order valence-electron chi connectivity index (χ2n) is 6.36. The third kappa shape index (κ3) is 2.48. The highest BCUT2D eigenvalue weighted by Crippen LogP contribution is 2.43. The smallest absolute Gasteiger partial charge is 0.233 e. The lowest BCUT2D eigenvalue weighted by atomic mass is 10.00. The Hall–Kier alpha value is -1.68. The molecule has 3 rings (SSSR count). The minimum atomic E-state index is -0.437. The van der Waals surface area contributed by atoms with Crippen LogP contribution >= 0.6 is 0 Å². The molecule has 112 valence electrons. The number of aliphatic hydroxyl groups excluding tert-OH is 1. The molecule has 1 aromatic carbocycles. The van der Waals surface area contributed by atoms with Crippen molar-refractivity contribution in [3.05, 3.63) is 35.9 Å². The highest BCUT2D eigenvalue weighted by Gasteiger charge is 2.53. The van der Waals surface area contributed by atoms with Gasteiger partial charge in [-0.3, -0.25) is 14.5 Å². The quantitative estimate of drug-likeness (QED) is 0.856. The van der Waals surface area contributed by atoms with Crippen LogP contribution in [0, 0.1) is 17.8 Å². The molecular weight excluding hydrogens is 266 g/mol. The van der Waals surface area contributed by atoms with E-state index >= 15 is 0 Å². The minimum absolute atomic E-state index is 0.0793. The summed E-state index contributed by atoms with van der Waals surface area (Å²) in [5.74, 6) is -0.0277. The molecule has 0 aromatic heterocycles. The fraction of sp³-hybridized carbons (Fsp3) is 0.529. The Kier molecular flexibility index (Phi) is 3.81. The summed E-state index contributed by atoms with van der Waals surface area (Å²) >= 11 is 0. The maximum absolute atomic E-state index is 12.5. The predicted molar refractivity (Wildman–Crippen MR) is 78.3 cm³/mol. The molecule has 2 aliphatic rings. The fourth-order valence-corrected chi connectivity index (χ4v) is 3.79. The molecule has 1 heterocycles. The SMILES string of the molecule is CC1CC2C(=O)N(C(CO)Cc3ccccc3)C(=O)C2C1. The molecule has 1 N–H and O–H groups in total. The normalized spacial score (nSPS) is 29.8. The molecule has 1 aliphatic heterocycles. The summed E-state index contributed by atoms with van der Waals surface area (Å²) in [4.78, 5) is 26.4. The van der Waals surface area contributed by atoms with Crippen LogP contribution in [0.5, 0.6) is 0 Å². The van der Waals surface area contributed by atoms with Crippen LogP contribution in [-0.2, 0) is 16.0 Å². The third-order valence-electron chi connectivity index (χ3n) is 4.80. The Morgan fingerprint density at radius 2 is 1.71 bits per heavy atom. The molecule has 1 aliphatic carbocycles. The molecule has 2 amide bonds. The Morgan fingerprint density at radius 1 is 1.14 bits per heavy atom. The van der Waals surface area contributed by atoms with E-state index < -0.39 is 6.04 Å². The number of fused-ring (bicyclic) bond motifs is 1. The summed E-state index contributed by atoms with van der Waals surface area (Å²) in [7, 11) is 0. The van der Waals surface area contributed by atoms with Gasteiger partial charge in [0.25, 0.3) is 0 Å². The molecule has 4 nitrogen and oxygen atoms in total. The summed E-state index contributed by atoms with van der Waals surface area (Å²) < 4.78 is 0. The first-order valence-electron chi connectivity index (χ1n) is 7.63. The number of imide groups is 1. The van der Waals surface area contributed by atoms with Gasteiger partial charge in [-0.15, -0.1) is 0 Å². The first kappa shape index (κ1) is 14.3. The van der Waals surface area contributed by atoms with E-state index in [4.69, 9.17) is 0 Å². The van der Waals surface area contributed by atoms with E-state index in [1.807, 2.05) is 30.3 Å². The highest BCUT2D eigenvalue weighted by atomic mass is 16.3. The van der Waals surface area contributed by atoms with Crippen LogP contribution in [0.25, 0.3) is 0 Å². The number of hydrogen-bond donors (Lipinski definition) is 1. The van der Waals surface area contributed by atoms with Gasteiger partial charge in [0.05, 0.1) is 24.5 Å². The number of carbonyl (C=O) groups excluding carboxylic acids is 2. The molecule has 2 fully saturated rings. The molecular formula is C17H21NO3. The number of rotatable bonds is 4. The first-order valence-corrected chi connectivity index (χ1v) is 7.63. The average molecular weight is 287 g/mol. The zero-order chi connectivity index (χ0) is 15.0. The summed E-state index contributed by atoms with van der Waals surface area (Å²) in [5, 5.41) is 9.65. The lowest BCUT2D eigenvalue weighted by Gasteiger charge is -2.26. The molecule has 1 saturated carbocycles. The number of aliphatic hydroxyl groups is 1. The lowest BCUT2D eigenvalue weighted by Crippen LogP contribution is -2.44. The van der Waals surface area contributed by atoms with Crippen LogP contribution < -0.4 is 0 Å². The van der Waals surface area contributed by atoms with Gasteiger partial charge in [0.2, 0.25) is 11.8 Å². The van der Waals surface area contributed by atoms with E-state index in [1.54, 1.807) is 0 Å². The van der Waals surface area contributed by atoms with Crippen molar-refractivity contribution in [3.63, 3.8) is 0 Å². The molecule has 0 spiro atoms. The Labute approximate surface area is 124 Å². The third-order valence-corrected chi connectivity index (χ3v) is 4.80. The van der Waals surface area contributed by atoms with E-state index in [0.29, 0.717) is 12.3 Å². The van der Waals surface area contributed by atoms with Crippen LogP contribution in [0.3, 0.4) is 0 Å². The summed E-state index contributed by atoms with van der Waals surface area (Å²) in [6, 6.07) is 9.25. The van der Waals surface area contributed by atoms with Gasteiger partial charge in [0.15, 0.2) is 0 Å². The minimum Gasteiger partial charge on any atom is -0.394 e. The van der Waals surface area contributed by atoms with Gasteiger partial charge in [-0.2, -0.15) is 0 Å². The van der Waals surface area contributed by atoms with E-state index in [-0.39, 0.29) is 30.3 Å². The summed E-state index contributed by atoms with van der Waals surface area (Å²) in [6.07, 6.45) is 2.12. The zero-order valence-electron chi connectivity index (χ0n) is 12.2. The van der Waals surface area contributed by atoms with E-state index in [2.05, 4.69) is 6.92 Å². The molecule has 3 unspecified atom stereocenters. The molecule has 1 saturated heterocycles. The first-order chi connectivity index (χ1) is 10.1. The Bertz CT molecular complexity index is 518. The van der Waals surface area contributed by atoms with Crippen molar-refractivity contribution in [1.29, 1.82) is 0 Å². The monoisotopic (exact) mass is 287 g/mol. The van der Waals surface area contributed by atoms with Gasteiger partial charge in [-0.1, -0.05) is 37.3 Å². The second-order valence-corrected chi connectivity index (χ2v) is 6.36. The van der Waals surface area contributed by atoms with Crippen LogP contribution in [0.4, 0.5) is 0 Å². The van der Waals surface area contributed by atoms with Crippen molar-refractivity contribution in [2.75, 3.05) is 6.61 Å². The standard InChI is InChI=1S/C17H21NO3/c1-11-7-14-15(8-11)17(21)18(16(14)20)13(10-19)9-12-5-3-2-4-6-12/h2-6,11,13-15,19H,7-10H2,1H3. The lowest BCUT2D eigenvalue weighted by molar-refractivity contribution is -0.144. The number of likely N-dealkylation sites (tertiary alicyclic amines) is 1. The van der Waals surface area contributed by atoms with Crippen molar-refractivity contribution >= 4 is 11.8 Å². The number of hydrogen-bond acceptors (Lipinski definition) is 3. The maximum Gasteiger partial charge on any atom is 0.233 e. The second kappa shape index (κ2) is 5.60. The number of carbonyl (C=O) groups is 2. The van der Waals surface area contributed by atoms with Crippen molar-refractivity contribution in [2.45, 2.75) is 32.2 Å². The van der Waals surface area contributed by atoms with E-state index in [0.717, 1.165) is 18.4 Å².